The third kappa shape index (κ3) is 2.29. The van der Waals surface area contributed by atoms with Crippen molar-refractivity contribution in [1.82, 2.24) is 15.0 Å². The molecule has 0 unspecified atom stereocenters. The van der Waals surface area contributed by atoms with Crippen molar-refractivity contribution in [3.05, 3.63) is 54.6 Å². The summed E-state index contributed by atoms with van der Waals surface area (Å²) in [5.41, 5.74) is 8.72. The standard InChI is InChI=1S/C15H12N4O/c16-14(20)4-3-11-8-18-15-13(11)6-12(9-19-15)10-2-1-5-17-7-10/h1-9H,(H2,16,20)(H,18,19)/b4-3+. The van der Waals surface area contributed by atoms with E-state index >= 15 is 0 Å². The van der Waals surface area contributed by atoms with Gasteiger partial charge in [-0.25, -0.2) is 4.98 Å². The number of aromatic nitrogens is 3. The Balaban J connectivity index is 2.10. The SMILES string of the molecule is NC(=O)/C=C/c1c[nH]c2ncc(-c3cccnc3)cc12. The number of pyridine rings is 2. The van der Waals surface area contributed by atoms with Crippen LogP contribution in [0.5, 0.6) is 0 Å². The van der Waals surface area contributed by atoms with Gasteiger partial charge in [0, 0.05) is 52.9 Å². The molecule has 0 spiro atoms. The summed E-state index contributed by atoms with van der Waals surface area (Å²) in [5.74, 6) is -0.476. The number of nitrogens with zero attached hydrogens (tertiary/aromatic N) is 2. The van der Waals surface area contributed by atoms with Crippen LogP contribution >= 0.6 is 0 Å². The number of nitrogens with two attached hydrogens (primary N) is 1. The van der Waals surface area contributed by atoms with E-state index in [0.717, 1.165) is 27.7 Å². The highest BCUT2D eigenvalue weighted by Crippen LogP contribution is 2.24. The number of amides is 1. The molecule has 20 heavy (non-hydrogen) atoms. The molecule has 0 aliphatic heterocycles. The van der Waals surface area contributed by atoms with Gasteiger partial charge in [0.05, 0.1) is 0 Å². The van der Waals surface area contributed by atoms with Crippen molar-refractivity contribution in [2.45, 2.75) is 0 Å². The zero-order valence-corrected chi connectivity index (χ0v) is 10.6. The Hall–Kier alpha value is -2.95. The van der Waals surface area contributed by atoms with Gasteiger partial charge in [0.2, 0.25) is 5.91 Å². The predicted octanol–water partition coefficient (Wildman–Crippen LogP) is 2.12. The molecular formula is C15H12N4O. The lowest BCUT2D eigenvalue weighted by atomic mass is 10.1. The number of aromatic amines is 1. The number of rotatable bonds is 3. The molecule has 0 saturated carbocycles. The summed E-state index contributed by atoms with van der Waals surface area (Å²) < 4.78 is 0. The molecule has 0 atom stereocenters. The smallest absolute Gasteiger partial charge is 0.241 e. The average Bonchev–Trinajstić information content (AvgIpc) is 2.88. The molecule has 3 rings (SSSR count). The summed E-state index contributed by atoms with van der Waals surface area (Å²) in [4.78, 5) is 22.4. The molecule has 0 aliphatic carbocycles. The highest BCUT2D eigenvalue weighted by atomic mass is 16.1. The zero-order chi connectivity index (χ0) is 13.9. The van der Waals surface area contributed by atoms with Crippen LogP contribution < -0.4 is 5.73 Å². The van der Waals surface area contributed by atoms with Gasteiger partial charge in [-0.3, -0.25) is 9.78 Å². The van der Waals surface area contributed by atoms with Crippen LogP contribution in [0.2, 0.25) is 0 Å². The fraction of sp³-hybridized carbons (Fsp3) is 0. The summed E-state index contributed by atoms with van der Waals surface area (Å²) >= 11 is 0. The number of primary amides is 1. The van der Waals surface area contributed by atoms with Gasteiger partial charge >= 0.3 is 0 Å². The Morgan fingerprint density at radius 2 is 2.20 bits per heavy atom. The maximum atomic E-state index is 10.8. The molecule has 1 amide bonds. The molecule has 0 aliphatic rings. The van der Waals surface area contributed by atoms with E-state index < -0.39 is 5.91 Å². The van der Waals surface area contributed by atoms with Crippen molar-refractivity contribution in [2.75, 3.05) is 0 Å². The van der Waals surface area contributed by atoms with E-state index in [0.29, 0.717) is 0 Å². The molecule has 3 heterocycles. The summed E-state index contributed by atoms with van der Waals surface area (Å²) in [6.07, 6.45) is 10.1. The number of hydrogen-bond donors (Lipinski definition) is 2. The number of fused-ring (bicyclic) bond motifs is 1. The predicted molar refractivity (Wildman–Crippen MR) is 77.6 cm³/mol. The van der Waals surface area contributed by atoms with Crippen molar-refractivity contribution >= 4 is 23.0 Å². The number of nitrogens with one attached hydrogen (secondary N) is 1. The summed E-state index contributed by atoms with van der Waals surface area (Å²) in [5, 5.41) is 0.934. The number of carbonyl (C=O) groups is 1. The van der Waals surface area contributed by atoms with Crippen LogP contribution in [0.3, 0.4) is 0 Å². The van der Waals surface area contributed by atoms with E-state index in [1.165, 1.54) is 6.08 Å². The molecule has 0 aromatic carbocycles. The minimum atomic E-state index is -0.476. The second kappa shape index (κ2) is 4.97. The lowest BCUT2D eigenvalue weighted by molar-refractivity contribution is -0.113. The molecule has 3 aromatic rings. The lowest BCUT2D eigenvalue weighted by Gasteiger charge is -2.00. The van der Waals surface area contributed by atoms with Crippen molar-refractivity contribution < 1.29 is 4.79 Å². The Kier molecular flexibility index (Phi) is 3.01. The molecule has 98 valence electrons. The Morgan fingerprint density at radius 1 is 1.30 bits per heavy atom. The van der Waals surface area contributed by atoms with Gasteiger partial charge < -0.3 is 10.7 Å². The zero-order valence-electron chi connectivity index (χ0n) is 10.6. The summed E-state index contributed by atoms with van der Waals surface area (Å²) in [6.45, 7) is 0. The Morgan fingerprint density at radius 3 is 2.95 bits per heavy atom. The summed E-state index contributed by atoms with van der Waals surface area (Å²) in [7, 11) is 0. The van der Waals surface area contributed by atoms with Gasteiger partial charge in [0.1, 0.15) is 5.65 Å². The Labute approximate surface area is 115 Å². The van der Waals surface area contributed by atoms with Gasteiger partial charge in [0.15, 0.2) is 0 Å². The molecule has 5 nitrogen and oxygen atoms in total. The molecule has 3 N–H and O–H groups in total. The van der Waals surface area contributed by atoms with E-state index in [1.54, 1.807) is 30.9 Å². The number of H-pyrrole nitrogens is 1. The summed E-state index contributed by atoms with van der Waals surface area (Å²) in [6, 6.07) is 5.86. The molecular weight excluding hydrogens is 252 g/mol. The first-order valence-corrected chi connectivity index (χ1v) is 6.09. The topological polar surface area (TPSA) is 84.7 Å². The minimum absolute atomic E-state index is 0.476. The molecule has 0 bridgehead atoms. The molecule has 0 radical (unpaired) electrons. The molecule has 5 heteroatoms. The van der Waals surface area contributed by atoms with E-state index in [1.807, 2.05) is 18.2 Å². The number of carbonyl (C=O) groups excluding carboxylic acids is 1. The quantitative estimate of drug-likeness (QED) is 0.710. The maximum absolute atomic E-state index is 10.8. The van der Waals surface area contributed by atoms with E-state index in [2.05, 4.69) is 15.0 Å². The Bertz CT molecular complexity index is 790. The third-order valence-corrected chi connectivity index (χ3v) is 2.99. The van der Waals surface area contributed by atoms with Gasteiger partial charge in [-0.15, -0.1) is 0 Å². The van der Waals surface area contributed by atoms with E-state index in [4.69, 9.17) is 5.73 Å². The van der Waals surface area contributed by atoms with Crippen LogP contribution in [0.1, 0.15) is 5.56 Å². The third-order valence-electron chi connectivity index (χ3n) is 2.99. The normalized spacial score (nSPS) is 11.2. The maximum Gasteiger partial charge on any atom is 0.241 e. The van der Waals surface area contributed by atoms with Gasteiger partial charge in [-0.1, -0.05) is 6.07 Å². The van der Waals surface area contributed by atoms with Gasteiger partial charge in [-0.05, 0) is 18.2 Å². The lowest BCUT2D eigenvalue weighted by Crippen LogP contribution is -2.04. The average molecular weight is 264 g/mol. The minimum Gasteiger partial charge on any atom is -0.366 e. The van der Waals surface area contributed by atoms with Crippen molar-refractivity contribution in [3.8, 4) is 11.1 Å². The molecule has 0 saturated heterocycles. The van der Waals surface area contributed by atoms with E-state index in [9.17, 15) is 4.79 Å². The van der Waals surface area contributed by atoms with Crippen LogP contribution in [0.25, 0.3) is 28.2 Å². The van der Waals surface area contributed by atoms with Gasteiger partial charge in [0.25, 0.3) is 0 Å². The first-order chi connectivity index (χ1) is 9.74. The van der Waals surface area contributed by atoms with Gasteiger partial charge in [-0.2, -0.15) is 0 Å². The molecule has 0 fully saturated rings. The van der Waals surface area contributed by atoms with Crippen molar-refractivity contribution in [1.29, 1.82) is 0 Å². The van der Waals surface area contributed by atoms with Crippen molar-refractivity contribution in [3.63, 3.8) is 0 Å². The molecule has 3 aromatic heterocycles. The van der Waals surface area contributed by atoms with E-state index in [-0.39, 0.29) is 0 Å². The second-order valence-corrected chi connectivity index (χ2v) is 4.34. The van der Waals surface area contributed by atoms with Crippen LogP contribution in [-0.2, 0) is 4.79 Å². The number of hydrogen-bond acceptors (Lipinski definition) is 3. The second-order valence-electron chi connectivity index (χ2n) is 4.34. The van der Waals surface area contributed by atoms with Crippen LogP contribution in [0, 0.1) is 0 Å². The monoisotopic (exact) mass is 264 g/mol. The first kappa shape index (κ1) is 12.1. The van der Waals surface area contributed by atoms with Crippen LogP contribution in [0.15, 0.2) is 49.1 Å². The van der Waals surface area contributed by atoms with Crippen molar-refractivity contribution in [2.24, 2.45) is 5.73 Å². The van der Waals surface area contributed by atoms with Crippen LogP contribution in [0.4, 0.5) is 0 Å². The van der Waals surface area contributed by atoms with Crippen LogP contribution in [-0.4, -0.2) is 20.9 Å². The fourth-order valence-corrected chi connectivity index (χ4v) is 2.02. The fourth-order valence-electron chi connectivity index (χ4n) is 2.02. The highest BCUT2D eigenvalue weighted by molar-refractivity contribution is 5.95. The largest absolute Gasteiger partial charge is 0.366 e. The highest BCUT2D eigenvalue weighted by Gasteiger charge is 2.05. The first-order valence-electron chi connectivity index (χ1n) is 6.09.